The molecule has 1 saturated heterocycles. The molecule has 0 radical (unpaired) electrons. The summed E-state index contributed by atoms with van der Waals surface area (Å²) in [5, 5.41) is 3.39. The minimum absolute atomic E-state index is 0.349. The lowest BCUT2D eigenvalue weighted by Gasteiger charge is -2.32. The third kappa shape index (κ3) is 5.83. The molecule has 0 saturated carbocycles. The molecule has 2 atom stereocenters. The maximum atomic E-state index is 5.86. The molecule has 1 rings (SSSR count). The number of hydrogen-bond donors (Lipinski definition) is 1. The van der Waals surface area contributed by atoms with E-state index in [1.54, 1.807) is 0 Å². The van der Waals surface area contributed by atoms with E-state index in [-0.39, 0.29) is 0 Å². The number of ether oxygens (including phenoxy) is 2. The van der Waals surface area contributed by atoms with Gasteiger partial charge in [-0.15, -0.1) is 0 Å². The van der Waals surface area contributed by atoms with Crippen molar-refractivity contribution in [2.75, 3.05) is 19.7 Å². The van der Waals surface area contributed by atoms with Crippen LogP contribution in [0.25, 0.3) is 0 Å². The van der Waals surface area contributed by atoms with Gasteiger partial charge in [0.2, 0.25) is 0 Å². The Balaban J connectivity index is 1.99. The SMILES string of the molecule is CCCCNCCOC1CC(C)OC(C)C1. The summed E-state index contributed by atoms with van der Waals surface area (Å²) in [6.07, 6.45) is 5.68. The summed E-state index contributed by atoms with van der Waals surface area (Å²) in [5.74, 6) is 0. The highest BCUT2D eigenvalue weighted by Crippen LogP contribution is 2.21. The van der Waals surface area contributed by atoms with Gasteiger partial charge in [0.15, 0.2) is 0 Å². The van der Waals surface area contributed by atoms with E-state index in [0.29, 0.717) is 18.3 Å². The molecule has 96 valence electrons. The van der Waals surface area contributed by atoms with Gasteiger partial charge in [0.05, 0.1) is 24.9 Å². The zero-order valence-electron chi connectivity index (χ0n) is 11.0. The quantitative estimate of drug-likeness (QED) is 0.680. The van der Waals surface area contributed by atoms with Crippen molar-refractivity contribution in [3.63, 3.8) is 0 Å². The molecule has 16 heavy (non-hydrogen) atoms. The van der Waals surface area contributed by atoms with Gasteiger partial charge in [0.1, 0.15) is 0 Å². The van der Waals surface area contributed by atoms with Gasteiger partial charge in [-0.2, -0.15) is 0 Å². The van der Waals surface area contributed by atoms with E-state index in [1.807, 2.05) is 0 Å². The average molecular weight is 229 g/mol. The fourth-order valence-corrected chi connectivity index (χ4v) is 2.20. The van der Waals surface area contributed by atoms with E-state index in [2.05, 4.69) is 26.1 Å². The lowest BCUT2D eigenvalue weighted by Crippen LogP contribution is -2.35. The Labute approximate surface area is 99.9 Å². The van der Waals surface area contributed by atoms with Crippen LogP contribution in [-0.4, -0.2) is 38.0 Å². The number of unbranched alkanes of at least 4 members (excludes halogenated alkanes) is 1. The lowest BCUT2D eigenvalue weighted by atomic mass is 10.0. The Bertz CT molecular complexity index is 165. The predicted molar refractivity (Wildman–Crippen MR) is 66.8 cm³/mol. The highest BCUT2D eigenvalue weighted by molar-refractivity contribution is 4.73. The smallest absolute Gasteiger partial charge is 0.0625 e. The van der Waals surface area contributed by atoms with Gasteiger partial charge in [-0.1, -0.05) is 13.3 Å². The first-order chi connectivity index (χ1) is 7.72. The van der Waals surface area contributed by atoms with Crippen molar-refractivity contribution in [1.82, 2.24) is 5.32 Å². The summed E-state index contributed by atoms with van der Waals surface area (Å²) >= 11 is 0. The van der Waals surface area contributed by atoms with Crippen LogP contribution < -0.4 is 5.32 Å². The molecule has 3 nitrogen and oxygen atoms in total. The van der Waals surface area contributed by atoms with Gasteiger partial charge in [-0.05, 0) is 39.7 Å². The molecular formula is C13H27NO2. The van der Waals surface area contributed by atoms with Crippen molar-refractivity contribution in [3.05, 3.63) is 0 Å². The van der Waals surface area contributed by atoms with Gasteiger partial charge < -0.3 is 14.8 Å². The molecule has 1 aliphatic heterocycles. The van der Waals surface area contributed by atoms with Crippen LogP contribution in [0, 0.1) is 0 Å². The second kappa shape index (κ2) is 8.04. The maximum Gasteiger partial charge on any atom is 0.0625 e. The van der Waals surface area contributed by atoms with Crippen molar-refractivity contribution in [1.29, 1.82) is 0 Å². The minimum atomic E-state index is 0.349. The van der Waals surface area contributed by atoms with Gasteiger partial charge in [0, 0.05) is 6.54 Å². The van der Waals surface area contributed by atoms with Crippen LogP contribution in [0.4, 0.5) is 0 Å². The van der Waals surface area contributed by atoms with Gasteiger partial charge in [0.25, 0.3) is 0 Å². The maximum absolute atomic E-state index is 5.86. The molecule has 0 spiro atoms. The highest BCUT2D eigenvalue weighted by Gasteiger charge is 2.24. The van der Waals surface area contributed by atoms with Crippen LogP contribution in [0.5, 0.6) is 0 Å². The molecule has 1 aliphatic rings. The Hall–Kier alpha value is -0.120. The van der Waals surface area contributed by atoms with Crippen LogP contribution in [0.2, 0.25) is 0 Å². The number of nitrogens with one attached hydrogen (secondary N) is 1. The van der Waals surface area contributed by atoms with Crippen molar-refractivity contribution < 1.29 is 9.47 Å². The summed E-state index contributed by atoms with van der Waals surface area (Å²) in [6.45, 7) is 9.38. The fraction of sp³-hybridized carbons (Fsp3) is 1.00. The summed E-state index contributed by atoms with van der Waals surface area (Å²) in [5.41, 5.74) is 0. The van der Waals surface area contributed by atoms with E-state index < -0.39 is 0 Å². The topological polar surface area (TPSA) is 30.5 Å². The zero-order valence-corrected chi connectivity index (χ0v) is 11.0. The predicted octanol–water partition coefficient (Wildman–Crippen LogP) is 2.35. The van der Waals surface area contributed by atoms with E-state index >= 15 is 0 Å². The molecule has 1 N–H and O–H groups in total. The van der Waals surface area contributed by atoms with Crippen LogP contribution in [0.15, 0.2) is 0 Å². The Morgan fingerprint density at radius 3 is 2.50 bits per heavy atom. The molecule has 0 aromatic heterocycles. The standard InChI is InChI=1S/C13H27NO2/c1-4-5-6-14-7-8-15-13-9-11(2)16-12(3)10-13/h11-14H,4-10H2,1-3H3. The van der Waals surface area contributed by atoms with Crippen molar-refractivity contribution in [2.45, 2.75) is 64.8 Å². The third-order valence-electron chi connectivity index (χ3n) is 2.99. The first kappa shape index (κ1) is 13.9. The van der Waals surface area contributed by atoms with E-state index in [1.165, 1.54) is 12.8 Å². The average Bonchev–Trinajstić information content (AvgIpc) is 2.22. The summed E-state index contributed by atoms with van der Waals surface area (Å²) in [7, 11) is 0. The van der Waals surface area contributed by atoms with Crippen LogP contribution in [0.1, 0.15) is 46.5 Å². The van der Waals surface area contributed by atoms with Crippen LogP contribution in [-0.2, 0) is 9.47 Å². The monoisotopic (exact) mass is 229 g/mol. The van der Waals surface area contributed by atoms with Gasteiger partial charge >= 0.3 is 0 Å². The molecule has 2 unspecified atom stereocenters. The largest absolute Gasteiger partial charge is 0.377 e. The van der Waals surface area contributed by atoms with Crippen molar-refractivity contribution >= 4 is 0 Å². The Morgan fingerprint density at radius 2 is 1.88 bits per heavy atom. The van der Waals surface area contributed by atoms with E-state index in [9.17, 15) is 0 Å². The number of rotatable bonds is 7. The van der Waals surface area contributed by atoms with E-state index in [0.717, 1.165) is 32.5 Å². The third-order valence-corrected chi connectivity index (χ3v) is 2.99. The Morgan fingerprint density at radius 1 is 1.19 bits per heavy atom. The first-order valence-electron chi connectivity index (χ1n) is 6.70. The summed E-state index contributed by atoms with van der Waals surface area (Å²) < 4.78 is 11.5. The molecule has 0 aromatic carbocycles. The van der Waals surface area contributed by atoms with E-state index in [4.69, 9.17) is 9.47 Å². The summed E-state index contributed by atoms with van der Waals surface area (Å²) in [4.78, 5) is 0. The molecule has 3 heteroatoms. The molecule has 0 aromatic rings. The van der Waals surface area contributed by atoms with Crippen LogP contribution in [0.3, 0.4) is 0 Å². The fourth-order valence-electron chi connectivity index (χ4n) is 2.20. The van der Waals surface area contributed by atoms with Crippen molar-refractivity contribution in [3.8, 4) is 0 Å². The molecule has 0 aliphatic carbocycles. The second-order valence-electron chi connectivity index (χ2n) is 4.83. The molecule has 1 heterocycles. The number of hydrogen-bond acceptors (Lipinski definition) is 3. The van der Waals surface area contributed by atoms with Gasteiger partial charge in [-0.25, -0.2) is 0 Å². The van der Waals surface area contributed by atoms with Crippen LogP contribution >= 0.6 is 0 Å². The molecule has 1 fully saturated rings. The first-order valence-corrected chi connectivity index (χ1v) is 6.70. The molecular weight excluding hydrogens is 202 g/mol. The zero-order chi connectivity index (χ0) is 11.8. The second-order valence-corrected chi connectivity index (χ2v) is 4.83. The normalized spacial score (nSPS) is 30.6. The molecule has 0 amide bonds. The minimum Gasteiger partial charge on any atom is -0.377 e. The lowest BCUT2D eigenvalue weighted by molar-refractivity contribution is -0.101. The summed E-state index contributed by atoms with van der Waals surface area (Å²) in [6, 6.07) is 0. The highest BCUT2D eigenvalue weighted by atomic mass is 16.5. The Kier molecular flexibility index (Phi) is 7.01. The van der Waals surface area contributed by atoms with Crippen molar-refractivity contribution in [2.24, 2.45) is 0 Å². The van der Waals surface area contributed by atoms with Gasteiger partial charge in [-0.3, -0.25) is 0 Å². The molecule has 0 bridgehead atoms.